The van der Waals surface area contributed by atoms with E-state index in [9.17, 15) is 0 Å². The molecule has 5 heteroatoms. The summed E-state index contributed by atoms with van der Waals surface area (Å²) in [6.07, 6.45) is 2.57. The van der Waals surface area contributed by atoms with Gasteiger partial charge in [-0.1, -0.05) is 13.8 Å². The smallest absolute Gasteiger partial charge is 0.130 e. The number of likely N-dealkylation sites (tertiary alicyclic amines) is 1. The Kier molecular flexibility index (Phi) is 5.27. The van der Waals surface area contributed by atoms with Gasteiger partial charge < -0.3 is 15.1 Å². The number of aromatic nitrogens is 2. The number of nitrogens with one attached hydrogen (secondary N) is 1. The van der Waals surface area contributed by atoms with Gasteiger partial charge in [0.1, 0.15) is 5.82 Å². The SMILES string of the molecule is CC(C)c1nn(C)c(N(C)C)c1CN[C@@H]1CCCN(C)C1. The maximum absolute atomic E-state index is 4.73. The van der Waals surface area contributed by atoms with Crippen molar-refractivity contribution in [1.29, 1.82) is 0 Å². The molecule has 2 rings (SSSR count). The van der Waals surface area contributed by atoms with Gasteiger partial charge in [-0.15, -0.1) is 0 Å². The van der Waals surface area contributed by atoms with Crippen molar-refractivity contribution in [2.45, 2.75) is 45.2 Å². The number of rotatable bonds is 5. The number of piperidine rings is 1. The minimum absolute atomic E-state index is 0.454. The molecule has 5 nitrogen and oxygen atoms in total. The largest absolute Gasteiger partial charge is 0.363 e. The van der Waals surface area contributed by atoms with Gasteiger partial charge in [0.05, 0.1) is 5.69 Å². The fourth-order valence-electron chi connectivity index (χ4n) is 3.35. The van der Waals surface area contributed by atoms with Crippen molar-refractivity contribution < 1.29 is 0 Å². The van der Waals surface area contributed by atoms with E-state index in [2.05, 4.69) is 50.1 Å². The maximum Gasteiger partial charge on any atom is 0.130 e. The Balaban J connectivity index is 2.14. The van der Waals surface area contributed by atoms with Crippen molar-refractivity contribution in [2.75, 3.05) is 39.1 Å². The van der Waals surface area contributed by atoms with Gasteiger partial charge in [-0.05, 0) is 32.4 Å². The van der Waals surface area contributed by atoms with Crippen LogP contribution in [0.4, 0.5) is 5.82 Å². The fourth-order valence-corrected chi connectivity index (χ4v) is 3.35. The van der Waals surface area contributed by atoms with E-state index in [4.69, 9.17) is 5.10 Å². The van der Waals surface area contributed by atoms with Crippen LogP contribution in [-0.2, 0) is 13.6 Å². The minimum Gasteiger partial charge on any atom is -0.363 e. The molecule has 1 saturated heterocycles. The summed E-state index contributed by atoms with van der Waals surface area (Å²) < 4.78 is 2.01. The van der Waals surface area contributed by atoms with Crippen molar-refractivity contribution in [2.24, 2.45) is 7.05 Å². The molecule has 0 aliphatic carbocycles. The van der Waals surface area contributed by atoms with Crippen LogP contribution in [0.3, 0.4) is 0 Å². The van der Waals surface area contributed by atoms with Crippen LogP contribution >= 0.6 is 0 Å². The summed E-state index contributed by atoms with van der Waals surface area (Å²) in [6.45, 7) is 7.73. The Morgan fingerprint density at radius 2 is 2.05 bits per heavy atom. The first-order chi connectivity index (χ1) is 9.90. The minimum atomic E-state index is 0.454. The number of nitrogens with zero attached hydrogens (tertiary/aromatic N) is 4. The molecule has 120 valence electrons. The molecule has 0 radical (unpaired) electrons. The van der Waals surface area contributed by atoms with Gasteiger partial charge >= 0.3 is 0 Å². The van der Waals surface area contributed by atoms with E-state index < -0.39 is 0 Å². The fraction of sp³-hybridized carbons (Fsp3) is 0.812. The van der Waals surface area contributed by atoms with Crippen LogP contribution in [0, 0.1) is 0 Å². The first-order valence-electron chi connectivity index (χ1n) is 8.05. The second kappa shape index (κ2) is 6.79. The third-order valence-electron chi connectivity index (χ3n) is 4.31. The maximum atomic E-state index is 4.73. The molecule has 1 N–H and O–H groups in total. The molecule has 0 bridgehead atoms. The molecule has 0 amide bonds. The average Bonchev–Trinajstić information content (AvgIpc) is 2.73. The Hall–Kier alpha value is -1.07. The number of likely N-dealkylation sites (N-methyl/N-ethyl adjacent to an activating group) is 1. The van der Waals surface area contributed by atoms with Crippen molar-refractivity contribution in [1.82, 2.24) is 20.0 Å². The number of aryl methyl sites for hydroxylation is 1. The predicted molar refractivity (Wildman–Crippen MR) is 89.0 cm³/mol. The van der Waals surface area contributed by atoms with Gasteiger partial charge in [0, 0.05) is 45.8 Å². The lowest BCUT2D eigenvalue weighted by Crippen LogP contribution is -2.43. The van der Waals surface area contributed by atoms with Crippen LogP contribution in [0.1, 0.15) is 43.9 Å². The van der Waals surface area contributed by atoms with Gasteiger partial charge in [0.25, 0.3) is 0 Å². The van der Waals surface area contributed by atoms with E-state index in [1.54, 1.807) is 0 Å². The van der Waals surface area contributed by atoms with Gasteiger partial charge in [-0.2, -0.15) is 5.10 Å². The molecule has 0 spiro atoms. The van der Waals surface area contributed by atoms with Gasteiger partial charge in [-0.3, -0.25) is 4.68 Å². The Labute approximate surface area is 129 Å². The van der Waals surface area contributed by atoms with Crippen molar-refractivity contribution in [3.05, 3.63) is 11.3 Å². The summed E-state index contributed by atoms with van der Waals surface area (Å²) in [5, 5.41) is 8.49. The highest BCUT2D eigenvalue weighted by Crippen LogP contribution is 2.27. The highest BCUT2D eigenvalue weighted by atomic mass is 15.4. The van der Waals surface area contributed by atoms with Gasteiger partial charge in [0.15, 0.2) is 0 Å². The van der Waals surface area contributed by atoms with Crippen molar-refractivity contribution in [3.8, 4) is 0 Å². The summed E-state index contributed by atoms with van der Waals surface area (Å²) in [5.41, 5.74) is 2.57. The molecule has 0 unspecified atom stereocenters. The third-order valence-corrected chi connectivity index (χ3v) is 4.31. The molecule has 1 atom stereocenters. The van der Waals surface area contributed by atoms with E-state index in [-0.39, 0.29) is 0 Å². The van der Waals surface area contributed by atoms with E-state index in [1.807, 2.05) is 11.7 Å². The number of hydrogen-bond acceptors (Lipinski definition) is 4. The molecule has 2 heterocycles. The average molecular weight is 293 g/mol. The monoisotopic (exact) mass is 293 g/mol. The van der Waals surface area contributed by atoms with Crippen LogP contribution < -0.4 is 10.2 Å². The quantitative estimate of drug-likeness (QED) is 0.898. The van der Waals surface area contributed by atoms with Crippen molar-refractivity contribution in [3.63, 3.8) is 0 Å². The van der Waals surface area contributed by atoms with Crippen LogP contribution in [0.2, 0.25) is 0 Å². The van der Waals surface area contributed by atoms with E-state index >= 15 is 0 Å². The van der Waals surface area contributed by atoms with Crippen LogP contribution in [0.15, 0.2) is 0 Å². The van der Waals surface area contributed by atoms with Gasteiger partial charge in [0.2, 0.25) is 0 Å². The Bertz CT molecular complexity index is 463. The van der Waals surface area contributed by atoms with Crippen molar-refractivity contribution >= 4 is 5.82 Å². The molecular weight excluding hydrogens is 262 g/mol. The molecule has 1 fully saturated rings. The second-order valence-electron chi connectivity index (χ2n) is 6.84. The van der Waals surface area contributed by atoms with Gasteiger partial charge in [-0.25, -0.2) is 0 Å². The highest BCUT2D eigenvalue weighted by molar-refractivity contribution is 5.50. The highest BCUT2D eigenvalue weighted by Gasteiger charge is 2.22. The zero-order chi connectivity index (χ0) is 15.6. The summed E-state index contributed by atoms with van der Waals surface area (Å²) in [7, 11) is 8.44. The molecule has 1 aromatic heterocycles. The molecule has 0 aromatic carbocycles. The normalized spacial score (nSPS) is 20.2. The zero-order valence-corrected chi connectivity index (χ0v) is 14.5. The lowest BCUT2D eigenvalue weighted by Gasteiger charge is -2.30. The summed E-state index contributed by atoms with van der Waals surface area (Å²) in [5.74, 6) is 1.67. The lowest BCUT2D eigenvalue weighted by molar-refractivity contribution is 0.226. The predicted octanol–water partition coefficient (Wildman–Crippen LogP) is 1.79. The standard InChI is InChI=1S/C16H31N5/c1-12(2)15-14(16(19(3)4)21(6)18-15)10-17-13-8-7-9-20(5)11-13/h12-13,17H,7-11H2,1-6H3/t13-/m1/s1. The second-order valence-corrected chi connectivity index (χ2v) is 6.84. The first kappa shape index (κ1) is 16.3. The zero-order valence-electron chi connectivity index (χ0n) is 14.5. The number of hydrogen-bond donors (Lipinski definition) is 1. The molecule has 1 aliphatic rings. The molecule has 21 heavy (non-hydrogen) atoms. The molecule has 1 aromatic rings. The van der Waals surface area contributed by atoms with E-state index in [0.29, 0.717) is 12.0 Å². The molecule has 0 saturated carbocycles. The van der Waals surface area contributed by atoms with E-state index in [0.717, 1.165) is 13.1 Å². The van der Waals surface area contributed by atoms with Crippen LogP contribution in [0.5, 0.6) is 0 Å². The van der Waals surface area contributed by atoms with Crippen LogP contribution in [-0.4, -0.2) is 55.0 Å². The topological polar surface area (TPSA) is 36.3 Å². The summed E-state index contributed by atoms with van der Waals surface area (Å²) in [4.78, 5) is 4.59. The Morgan fingerprint density at radius 1 is 1.33 bits per heavy atom. The summed E-state index contributed by atoms with van der Waals surface area (Å²) >= 11 is 0. The lowest BCUT2D eigenvalue weighted by atomic mass is 10.0. The summed E-state index contributed by atoms with van der Waals surface area (Å²) in [6, 6.07) is 0.596. The molecule has 1 aliphatic heterocycles. The first-order valence-corrected chi connectivity index (χ1v) is 8.05. The van der Waals surface area contributed by atoms with E-state index in [1.165, 1.54) is 36.5 Å². The number of anilines is 1. The van der Waals surface area contributed by atoms with Crippen LogP contribution in [0.25, 0.3) is 0 Å². The Morgan fingerprint density at radius 3 is 2.62 bits per heavy atom. The third kappa shape index (κ3) is 3.77. The molecular formula is C16H31N5.